The van der Waals surface area contributed by atoms with Gasteiger partial charge >= 0.3 is 6.03 Å². The number of quaternary nitrogens is 1. The molecule has 1 saturated carbocycles. The molecule has 2 N–H and O–H groups in total. The lowest BCUT2D eigenvalue weighted by Gasteiger charge is -2.36. The Morgan fingerprint density at radius 1 is 1.38 bits per heavy atom. The van der Waals surface area contributed by atoms with Crippen LogP contribution in [-0.4, -0.2) is 43.2 Å². The molecule has 0 bridgehead atoms. The summed E-state index contributed by atoms with van der Waals surface area (Å²) in [4.78, 5) is 27.9. The van der Waals surface area contributed by atoms with E-state index in [4.69, 9.17) is 16.3 Å². The summed E-state index contributed by atoms with van der Waals surface area (Å²) in [6.45, 7) is 2.98. The highest BCUT2D eigenvalue weighted by Gasteiger charge is 2.55. The lowest BCUT2D eigenvalue weighted by atomic mass is 9.73. The molecule has 2 aliphatic rings. The van der Waals surface area contributed by atoms with E-state index >= 15 is 0 Å². The standard InChI is InChI=1S/C19H26ClN3O3/c1-13-6-4-5-9-19(13)17(24)23(18(25)21-19)12-22(2)11-14-10-15(20)7-8-16(14)26-3/h7-8,10,13H,4-6,9,11-12H2,1-3H3,(H,21,25)/p+1/t13-,19+/m0/s1. The van der Waals surface area contributed by atoms with Crippen molar-refractivity contribution in [1.82, 2.24) is 10.2 Å². The molecule has 1 aliphatic carbocycles. The van der Waals surface area contributed by atoms with Gasteiger partial charge < -0.3 is 15.0 Å². The average Bonchev–Trinajstić information content (AvgIpc) is 2.83. The van der Waals surface area contributed by atoms with Crippen LogP contribution < -0.4 is 15.0 Å². The Hall–Kier alpha value is -1.79. The number of methoxy groups -OCH3 is 1. The van der Waals surface area contributed by atoms with Gasteiger partial charge in [0.05, 0.1) is 14.2 Å². The maximum Gasteiger partial charge on any atom is 0.329 e. The largest absolute Gasteiger partial charge is 0.496 e. The van der Waals surface area contributed by atoms with Crippen molar-refractivity contribution in [1.29, 1.82) is 0 Å². The number of benzene rings is 1. The molecule has 1 unspecified atom stereocenters. The normalized spacial score (nSPS) is 26.9. The molecule has 3 amide bonds. The van der Waals surface area contributed by atoms with Crippen LogP contribution in [0.4, 0.5) is 4.79 Å². The van der Waals surface area contributed by atoms with Crippen LogP contribution in [-0.2, 0) is 11.3 Å². The number of nitrogens with one attached hydrogen (secondary N) is 2. The minimum Gasteiger partial charge on any atom is -0.496 e. The van der Waals surface area contributed by atoms with Crippen molar-refractivity contribution >= 4 is 23.5 Å². The summed E-state index contributed by atoms with van der Waals surface area (Å²) in [5.41, 5.74) is 0.244. The first-order valence-corrected chi connectivity index (χ1v) is 9.53. The minimum atomic E-state index is -0.705. The number of hydrogen-bond acceptors (Lipinski definition) is 3. The maximum atomic E-state index is 13.1. The zero-order valence-corrected chi connectivity index (χ0v) is 16.4. The van der Waals surface area contributed by atoms with Gasteiger partial charge in [-0.05, 0) is 37.0 Å². The van der Waals surface area contributed by atoms with Crippen LogP contribution in [0.25, 0.3) is 0 Å². The summed E-state index contributed by atoms with van der Waals surface area (Å²) >= 11 is 6.09. The van der Waals surface area contributed by atoms with Gasteiger partial charge in [-0.3, -0.25) is 4.79 Å². The third-order valence-electron chi connectivity index (χ3n) is 5.66. The predicted octanol–water partition coefficient (Wildman–Crippen LogP) is 1.82. The second kappa shape index (κ2) is 7.45. The van der Waals surface area contributed by atoms with Crippen molar-refractivity contribution in [2.45, 2.75) is 44.7 Å². The zero-order chi connectivity index (χ0) is 18.9. The number of nitrogens with zero attached hydrogens (tertiary/aromatic N) is 1. The first-order chi connectivity index (χ1) is 12.4. The number of halogens is 1. The lowest BCUT2D eigenvalue weighted by molar-refractivity contribution is -0.901. The summed E-state index contributed by atoms with van der Waals surface area (Å²) in [6.07, 6.45) is 3.80. The lowest BCUT2D eigenvalue weighted by Crippen LogP contribution is -3.09. The van der Waals surface area contributed by atoms with Gasteiger partial charge in [0.25, 0.3) is 5.91 Å². The van der Waals surface area contributed by atoms with E-state index in [0.717, 1.165) is 41.9 Å². The predicted molar refractivity (Wildman–Crippen MR) is 99.2 cm³/mol. The molecule has 26 heavy (non-hydrogen) atoms. The molecule has 1 saturated heterocycles. The number of rotatable bonds is 5. The van der Waals surface area contributed by atoms with Crippen molar-refractivity contribution in [3.05, 3.63) is 28.8 Å². The maximum absolute atomic E-state index is 13.1. The van der Waals surface area contributed by atoms with Gasteiger partial charge in [-0.1, -0.05) is 31.4 Å². The molecular formula is C19H27ClN3O3+. The SMILES string of the molecule is COc1ccc(Cl)cc1C[NH+](C)CN1C(=O)N[C@@]2(CCCC[C@@H]2C)C1=O. The molecule has 0 radical (unpaired) electrons. The Morgan fingerprint density at radius 3 is 2.85 bits per heavy atom. The number of imide groups is 1. The number of ether oxygens (including phenoxy) is 1. The molecule has 1 spiro atoms. The van der Waals surface area contributed by atoms with Crippen LogP contribution in [0, 0.1) is 5.92 Å². The van der Waals surface area contributed by atoms with E-state index in [0.29, 0.717) is 18.2 Å². The minimum absolute atomic E-state index is 0.0768. The quantitative estimate of drug-likeness (QED) is 0.766. The Balaban J connectivity index is 1.71. The monoisotopic (exact) mass is 380 g/mol. The Kier molecular flexibility index (Phi) is 5.44. The third kappa shape index (κ3) is 3.40. The number of carbonyl (C=O) groups is 2. The van der Waals surface area contributed by atoms with E-state index in [9.17, 15) is 9.59 Å². The molecule has 0 aromatic heterocycles. The van der Waals surface area contributed by atoms with Crippen LogP contribution in [0.1, 0.15) is 38.2 Å². The summed E-state index contributed by atoms with van der Waals surface area (Å²) in [5.74, 6) is 0.849. The van der Waals surface area contributed by atoms with Gasteiger partial charge in [0.2, 0.25) is 0 Å². The molecule has 142 valence electrons. The van der Waals surface area contributed by atoms with Crippen molar-refractivity contribution in [2.24, 2.45) is 5.92 Å². The van der Waals surface area contributed by atoms with Crippen molar-refractivity contribution in [2.75, 3.05) is 20.8 Å². The third-order valence-corrected chi connectivity index (χ3v) is 5.90. The highest BCUT2D eigenvalue weighted by Crippen LogP contribution is 2.37. The molecule has 1 aliphatic heterocycles. The van der Waals surface area contributed by atoms with Crippen molar-refractivity contribution < 1.29 is 19.2 Å². The Morgan fingerprint density at radius 2 is 2.15 bits per heavy atom. The molecule has 1 heterocycles. The fourth-order valence-corrected chi connectivity index (χ4v) is 4.37. The van der Waals surface area contributed by atoms with Crippen molar-refractivity contribution in [3.63, 3.8) is 0 Å². The van der Waals surface area contributed by atoms with Gasteiger partial charge in [-0.2, -0.15) is 0 Å². The Bertz CT molecular complexity index is 711. The topological polar surface area (TPSA) is 63.1 Å². The number of carbonyl (C=O) groups excluding carboxylic acids is 2. The first kappa shape index (κ1) is 19.0. The van der Waals surface area contributed by atoms with E-state index in [2.05, 4.69) is 12.2 Å². The first-order valence-electron chi connectivity index (χ1n) is 9.15. The summed E-state index contributed by atoms with van der Waals surface area (Å²) in [6, 6.07) is 5.20. The molecule has 1 aromatic carbocycles. The van der Waals surface area contributed by atoms with Crippen LogP contribution >= 0.6 is 11.6 Å². The number of hydrogen-bond donors (Lipinski definition) is 2. The van der Waals surface area contributed by atoms with E-state index in [1.807, 2.05) is 19.2 Å². The van der Waals surface area contributed by atoms with Gasteiger partial charge in [0.1, 0.15) is 17.8 Å². The van der Waals surface area contributed by atoms with Gasteiger partial charge in [0, 0.05) is 10.6 Å². The van der Waals surface area contributed by atoms with Crippen LogP contribution in [0.5, 0.6) is 5.75 Å². The fraction of sp³-hybridized carbons (Fsp3) is 0.579. The summed E-state index contributed by atoms with van der Waals surface area (Å²) in [5, 5.41) is 3.64. The Labute approximate surface area is 159 Å². The molecular weight excluding hydrogens is 354 g/mol. The zero-order valence-electron chi connectivity index (χ0n) is 15.6. The molecule has 3 atom stereocenters. The molecule has 7 heteroatoms. The van der Waals surface area contributed by atoms with Crippen LogP contribution in [0.2, 0.25) is 5.02 Å². The highest BCUT2D eigenvalue weighted by molar-refractivity contribution is 6.30. The molecule has 1 aromatic rings. The van der Waals surface area contributed by atoms with Crippen molar-refractivity contribution in [3.8, 4) is 5.75 Å². The number of amides is 3. The van der Waals surface area contributed by atoms with Gasteiger partial charge in [-0.15, -0.1) is 0 Å². The van der Waals surface area contributed by atoms with Crippen LogP contribution in [0.3, 0.4) is 0 Å². The van der Waals surface area contributed by atoms with E-state index < -0.39 is 5.54 Å². The smallest absolute Gasteiger partial charge is 0.329 e. The van der Waals surface area contributed by atoms with Gasteiger partial charge in [-0.25, -0.2) is 9.69 Å². The highest BCUT2D eigenvalue weighted by atomic mass is 35.5. The average molecular weight is 381 g/mol. The second-order valence-corrected chi connectivity index (χ2v) is 7.97. The van der Waals surface area contributed by atoms with E-state index in [1.54, 1.807) is 13.2 Å². The van der Waals surface area contributed by atoms with Crippen LogP contribution in [0.15, 0.2) is 18.2 Å². The molecule has 6 nitrogen and oxygen atoms in total. The summed E-state index contributed by atoms with van der Waals surface area (Å²) in [7, 11) is 3.57. The van der Waals surface area contributed by atoms with E-state index in [1.165, 1.54) is 4.90 Å². The fourth-order valence-electron chi connectivity index (χ4n) is 4.18. The summed E-state index contributed by atoms with van der Waals surface area (Å²) < 4.78 is 5.39. The van der Waals surface area contributed by atoms with Gasteiger partial charge in [0.15, 0.2) is 6.67 Å². The second-order valence-electron chi connectivity index (χ2n) is 7.53. The molecule has 2 fully saturated rings. The molecule has 3 rings (SSSR count). The number of urea groups is 1. The van der Waals surface area contributed by atoms with E-state index in [-0.39, 0.29) is 17.9 Å².